The maximum Gasteiger partial charge on any atom is -0.0321 e. The van der Waals surface area contributed by atoms with Gasteiger partial charge in [0.15, 0.2) is 0 Å². The highest BCUT2D eigenvalue weighted by Crippen LogP contribution is 2.56. The van der Waals surface area contributed by atoms with Crippen molar-refractivity contribution in [3.63, 3.8) is 0 Å². The molecular weight excluding hydrogens is 132 g/mol. The Balaban J connectivity index is 2.20. The molecule has 0 N–H and O–H groups in total. The quantitative estimate of drug-likeness (QED) is 0.498. The average Bonchev–Trinajstić information content (AvgIpc) is 2.37. The Hall–Kier alpha value is 0. The van der Waals surface area contributed by atoms with Crippen molar-refractivity contribution in [2.24, 2.45) is 23.2 Å². The lowest BCUT2D eigenvalue weighted by Gasteiger charge is -2.25. The van der Waals surface area contributed by atoms with Crippen molar-refractivity contribution in [3.05, 3.63) is 0 Å². The highest BCUT2D eigenvalue weighted by molar-refractivity contribution is 4.97. The summed E-state index contributed by atoms with van der Waals surface area (Å²) >= 11 is 0. The van der Waals surface area contributed by atoms with Crippen molar-refractivity contribution >= 4 is 0 Å². The van der Waals surface area contributed by atoms with Crippen molar-refractivity contribution in [3.8, 4) is 0 Å². The van der Waals surface area contributed by atoms with E-state index in [0.29, 0.717) is 5.41 Å². The predicted octanol–water partition coefficient (Wildman–Crippen LogP) is 3.47. The van der Waals surface area contributed by atoms with Gasteiger partial charge in [0.1, 0.15) is 0 Å². The molecule has 0 heteroatoms. The fourth-order valence-corrected chi connectivity index (χ4v) is 3.77. The van der Waals surface area contributed by atoms with Gasteiger partial charge >= 0.3 is 0 Å². The second-order valence-electron chi connectivity index (χ2n) is 5.37. The second-order valence-corrected chi connectivity index (χ2v) is 5.37. The van der Waals surface area contributed by atoms with E-state index in [9.17, 15) is 0 Å². The highest BCUT2D eigenvalue weighted by Gasteiger charge is 2.47. The summed E-state index contributed by atoms with van der Waals surface area (Å²) in [5.41, 5.74) is 0.667. The number of hydrogen-bond donors (Lipinski definition) is 0. The molecule has 0 bridgehead atoms. The molecule has 0 aliphatic heterocycles. The molecule has 2 fully saturated rings. The molecular formula is C11H20. The predicted molar refractivity (Wildman–Crippen MR) is 48.4 cm³/mol. The van der Waals surface area contributed by atoms with Crippen LogP contribution in [0, 0.1) is 23.2 Å². The van der Waals surface area contributed by atoms with Gasteiger partial charge in [-0.2, -0.15) is 0 Å². The Morgan fingerprint density at radius 1 is 1.18 bits per heavy atom. The molecule has 0 aromatic carbocycles. The SMILES string of the molecule is CC1CC(C)(C)[C@@H]2CCC[C@@H]12. The lowest BCUT2D eigenvalue weighted by Crippen LogP contribution is -2.17. The molecule has 0 heterocycles. The first-order valence-electron chi connectivity index (χ1n) is 5.11. The largest absolute Gasteiger partial charge is 0.0622 e. The minimum atomic E-state index is 0.667. The van der Waals surface area contributed by atoms with Gasteiger partial charge in [-0.15, -0.1) is 0 Å². The van der Waals surface area contributed by atoms with Gasteiger partial charge in [0, 0.05) is 0 Å². The maximum atomic E-state index is 2.47. The van der Waals surface area contributed by atoms with Gasteiger partial charge in [0.05, 0.1) is 0 Å². The Morgan fingerprint density at radius 3 is 2.55 bits per heavy atom. The molecule has 0 saturated heterocycles. The van der Waals surface area contributed by atoms with Crippen LogP contribution in [0.4, 0.5) is 0 Å². The lowest BCUT2D eigenvalue weighted by atomic mass is 9.80. The van der Waals surface area contributed by atoms with Crippen LogP contribution in [0.25, 0.3) is 0 Å². The van der Waals surface area contributed by atoms with Crippen LogP contribution >= 0.6 is 0 Å². The Morgan fingerprint density at radius 2 is 1.91 bits per heavy atom. The van der Waals surface area contributed by atoms with Crippen LogP contribution in [0.2, 0.25) is 0 Å². The standard InChI is InChI=1S/C11H20/c1-8-7-11(2,3)10-6-4-5-9(8)10/h8-10H,4-7H2,1-3H3/t8?,9-,10+/m0/s1. The van der Waals surface area contributed by atoms with Crippen LogP contribution in [0.1, 0.15) is 46.5 Å². The van der Waals surface area contributed by atoms with Gasteiger partial charge in [-0.05, 0) is 42.4 Å². The van der Waals surface area contributed by atoms with Crippen LogP contribution in [0.15, 0.2) is 0 Å². The number of rotatable bonds is 0. The molecule has 0 aromatic rings. The van der Waals surface area contributed by atoms with E-state index in [2.05, 4.69) is 20.8 Å². The van der Waals surface area contributed by atoms with E-state index in [0.717, 1.165) is 17.8 Å². The average molecular weight is 152 g/mol. The molecule has 0 radical (unpaired) electrons. The van der Waals surface area contributed by atoms with Crippen molar-refractivity contribution in [2.45, 2.75) is 46.5 Å². The van der Waals surface area contributed by atoms with E-state index >= 15 is 0 Å². The molecule has 0 spiro atoms. The normalized spacial score (nSPS) is 47.7. The smallest absolute Gasteiger partial charge is 0.0321 e. The van der Waals surface area contributed by atoms with E-state index in [1.807, 2.05) is 0 Å². The van der Waals surface area contributed by atoms with Crippen molar-refractivity contribution in [1.82, 2.24) is 0 Å². The zero-order valence-electron chi connectivity index (χ0n) is 8.06. The van der Waals surface area contributed by atoms with Gasteiger partial charge in [-0.3, -0.25) is 0 Å². The zero-order chi connectivity index (χ0) is 8.06. The third-order valence-electron chi connectivity index (χ3n) is 4.15. The van der Waals surface area contributed by atoms with Crippen LogP contribution < -0.4 is 0 Å². The molecule has 1 unspecified atom stereocenters. The second kappa shape index (κ2) is 2.24. The molecule has 3 atom stereocenters. The summed E-state index contributed by atoms with van der Waals surface area (Å²) in [6.07, 6.45) is 6.02. The molecule has 2 saturated carbocycles. The fraction of sp³-hybridized carbons (Fsp3) is 1.00. The third-order valence-corrected chi connectivity index (χ3v) is 4.15. The summed E-state index contributed by atoms with van der Waals surface area (Å²) in [4.78, 5) is 0. The summed E-state index contributed by atoms with van der Waals surface area (Å²) in [5, 5.41) is 0. The Kier molecular flexibility index (Phi) is 1.56. The molecule has 2 aliphatic rings. The summed E-state index contributed by atoms with van der Waals surface area (Å²) in [7, 11) is 0. The first kappa shape index (κ1) is 7.64. The van der Waals surface area contributed by atoms with Crippen LogP contribution in [-0.4, -0.2) is 0 Å². The van der Waals surface area contributed by atoms with Crippen LogP contribution in [0.3, 0.4) is 0 Å². The van der Waals surface area contributed by atoms with Crippen molar-refractivity contribution < 1.29 is 0 Å². The molecule has 11 heavy (non-hydrogen) atoms. The van der Waals surface area contributed by atoms with Gasteiger partial charge < -0.3 is 0 Å². The van der Waals surface area contributed by atoms with Gasteiger partial charge in [0.25, 0.3) is 0 Å². The van der Waals surface area contributed by atoms with Crippen LogP contribution in [0.5, 0.6) is 0 Å². The van der Waals surface area contributed by atoms with E-state index in [1.165, 1.54) is 25.7 Å². The van der Waals surface area contributed by atoms with E-state index in [4.69, 9.17) is 0 Å². The molecule has 0 aromatic heterocycles. The summed E-state index contributed by atoms with van der Waals surface area (Å²) in [6.45, 7) is 7.40. The van der Waals surface area contributed by atoms with E-state index < -0.39 is 0 Å². The van der Waals surface area contributed by atoms with Crippen molar-refractivity contribution in [2.75, 3.05) is 0 Å². The third kappa shape index (κ3) is 1.02. The zero-order valence-corrected chi connectivity index (χ0v) is 8.06. The van der Waals surface area contributed by atoms with E-state index in [1.54, 1.807) is 0 Å². The Labute approximate surface area is 70.4 Å². The molecule has 2 rings (SSSR count). The highest BCUT2D eigenvalue weighted by atomic mass is 14.5. The lowest BCUT2D eigenvalue weighted by molar-refractivity contribution is 0.241. The summed E-state index contributed by atoms with van der Waals surface area (Å²) in [6, 6.07) is 0. The monoisotopic (exact) mass is 152 g/mol. The summed E-state index contributed by atoms with van der Waals surface area (Å²) in [5.74, 6) is 3.17. The van der Waals surface area contributed by atoms with E-state index in [-0.39, 0.29) is 0 Å². The summed E-state index contributed by atoms with van der Waals surface area (Å²) < 4.78 is 0. The van der Waals surface area contributed by atoms with Crippen molar-refractivity contribution in [1.29, 1.82) is 0 Å². The minimum Gasteiger partial charge on any atom is -0.0622 e. The van der Waals surface area contributed by atoms with Gasteiger partial charge in [0.2, 0.25) is 0 Å². The first-order chi connectivity index (χ1) is 5.11. The Bertz CT molecular complexity index is 157. The molecule has 0 nitrogen and oxygen atoms in total. The molecule has 64 valence electrons. The minimum absolute atomic E-state index is 0.667. The number of hydrogen-bond acceptors (Lipinski definition) is 0. The molecule has 0 amide bonds. The fourth-order valence-electron chi connectivity index (χ4n) is 3.77. The first-order valence-corrected chi connectivity index (χ1v) is 5.11. The number of fused-ring (bicyclic) bond motifs is 1. The topological polar surface area (TPSA) is 0 Å². The maximum absolute atomic E-state index is 2.47. The van der Waals surface area contributed by atoms with Crippen LogP contribution in [-0.2, 0) is 0 Å². The van der Waals surface area contributed by atoms with Gasteiger partial charge in [-0.1, -0.05) is 27.2 Å². The van der Waals surface area contributed by atoms with Gasteiger partial charge in [-0.25, -0.2) is 0 Å². The molecule has 2 aliphatic carbocycles.